The number of phenolic OH excluding ortho intramolecular Hbond substituents is 1. The molecule has 3 aromatic heterocycles. The Bertz CT molecular complexity index is 1370. The number of nitrogens with zero attached hydrogens (tertiary/aromatic N) is 4. The number of rotatable bonds is 4. The highest BCUT2D eigenvalue weighted by atomic mass is 19.1. The van der Waals surface area contributed by atoms with E-state index in [1.807, 2.05) is 19.1 Å². The lowest BCUT2D eigenvalue weighted by molar-refractivity contribution is 0.469. The van der Waals surface area contributed by atoms with E-state index in [0.29, 0.717) is 40.7 Å². The van der Waals surface area contributed by atoms with Gasteiger partial charge in [-0.05, 0) is 44.0 Å². The summed E-state index contributed by atoms with van der Waals surface area (Å²) in [5.74, 6) is 0.703. The maximum absolute atomic E-state index is 14.7. The van der Waals surface area contributed by atoms with Crippen LogP contribution in [0.15, 0.2) is 34.7 Å². The molecule has 32 heavy (non-hydrogen) atoms. The van der Waals surface area contributed by atoms with E-state index in [1.165, 1.54) is 12.1 Å². The van der Waals surface area contributed by atoms with Crippen LogP contribution in [-0.4, -0.2) is 39.9 Å². The van der Waals surface area contributed by atoms with Gasteiger partial charge in [0.2, 0.25) is 0 Å². The van der Waals surface area contributed by atoms with Gasteiger partial charge in [0.05, 0.1) is 22.2 Å². The minimum Gasteiger partial charge on any atom is -0.508 e. The number of aromatic hydroxyl groups is 1. The summed E-state index contributed by atoms with van der Waals surface area (Å²) in [7, 11) is 0. The summed E-state index contributed by atoms with van der Waals surface area (Å²) < 4.78 is 20.9. The zero-order valence-corrected chi connectivity index (χ0v) is 17.4. The number of aryl methyl sites for hydroxylation is 1. The number of benzene rings is 1. The van der Waals surface area contributed by atoms with E-state index < -0.39 is 5.82 Å². The zero-order chi connectivity index (χ0) is 22.4. The first kappa shape index (κ1) is 20.0. The molecular weight excluding hydrogens is 411 g/mol. The number of halogens is 1. The number of pyridine rings is 1. The van der Waals surface area contributed by atoms with E-state index in [2.05, 4.69) is 26.2 Å². The molecule has 8 nitrogen and oxygen atoms in total. The van der Waals surface area contributed by atoms with Crippen molar-refractivity contribution < 1.29 is 13.9 Å². The van der Waals surface area contributed by atoms with Crippen molar-refractivity contribution in [3.05, 3.63) is 47.4 Å². The molecule has 0 aliphatic carbocycles. The normalized spacial score (nSPS) is 16.1. The number of nitriles is 1. The molecule has 1 fully saturated rings. The Morgan fingerprint density at radius 3 is 2.94 bits per heavy atom. The second-order valence-electron chi connectivity index (χ2n) is 8.01. The highest BCUT2D eigenvalue weighted by molar-refractivity contribution is 5.99. The van der Waals surface area contributed by atoms with E-state index in [-0.39, 0.29) is 22.6 Å². The average molecular weight is 432 g/mol. The van der Waals surface area contributed by atoms with E-state index in [1.54, 1.807) is 0 Å². The lowest BCUT2D eigenvalue weighted by Gasteiger charge is -2.15. The number of fused-ring (bicyclic) bond motifs is 1. The Hall–Kier alpha value is -3.90. The summed E-state index contributed by atoms with van der Waals surface area (Å²) >= 11 is 0. The van der Waals surface area contributed by atoms with Gasteiger partial charge in [-0.15, -0.1) is 0 Å². The quantitative estimate of drug-likeness (QED) is 0.449. The Labute approximate surface area is 183 Å². The van der Waals surface area contributed by atoms with Crippen molar-refractivity contribution in [2.75, 3.05) is 24.5 Å². The van der Waals surface area contributed by atoms with E-state index in [0.717, 1.165) is 31.3 Å². The van der Waals surface area contributed by atoms with Crippen LogP contribution in [0.2, 0.25) is 0 Å². The Morgan fingerprint density at radius 2 is 2.22 bits per heavy atom. The molecule has 4 heterocycles. The Kier molecular flexibility index (Phi) is 4.79. The van der Waals surface area contributed by atoms with Gasteiger partial charge < -0.3 is 20.2 Å². The summed E-state index contributed by atoms with van der Waals surface area (Å²) in [4.78, 5) is 6.60. The minimum absolute atomic E-state index is 0.0975. The summed E-state index contributed by atoms with van der Waals surface area (Å²) in [6.45, 7) is 4.12. The molecule has 5 rings (SSSR count). The second kappa shape index (κ2) is 7.66. The molecule has 1 aliphatic rings. The predicted molar refractivity (Wildman–Crippen MR) is 117 cm³/mol. The van der Waals surface area contributed by atoms with Crippen LogP contribution in [0, 0.1) is 30.0 Å². The molecule has 0 amide bonds. The molecule has 9 heteroatoms. The van der Waals surface area contributed by atoms with Gasteiger partial charge in [-0.3, -0.25) is 5.10 Å². The summed E-state index contributed by atoms with van der Waals surface area (Å²) in [5.41, 5.74) is 7.80. The average Bonchev–Trinajstić information content (AvgIpc) is 3.52. The van der Waals surface area contributed by atoms with Crippen molar-refractivity contribution in [1.82, 2.24) is 15.2 Å². The van der Waals surface area contributed by atoms with Crippen LogP contribution in [0.4, 0.5) is 10.3 Å². The highest BCUT2D eigenvalue weighted by Crippen LogP contribution is 2.40. The number of hydrogen-bond acceptors (Lipinski definition) is 7. The lowest BCUT2D eigenvalue weighted by Crippen LogP contribution is -2.22. The van der Waals surface area contributed by atoms with E-state index >= 15 is 0 Å². The van der Waals surface area contributed by atoms with Crippen molar-refractivity contribution in [2.45, 2.75) is 13.3 Å². The van der Waals surface area contributed by atoms with Gasteiger partial charge in [0.15, 0.2) is 11.5 Å². The fourth-order valence-corrected chi connectivity index (χ4v) is 4.31. The first-order valence-corrected chi connectivity index (χ1v) is 10.3. The summed E-state index contributed by atoms with van der Waals surface area (Å²) in [5, 5.41) is 27.4. The number of aromatic amines is 1. The third-order valence-corrected chi connectivity index (χ3v) is 5.97. The van der Waals surface area contributed by atoms with Gasteiger partial charge in [-0.1, -0.05) is 0 Å². The lowest BCUT2D eigenvalue weighted by atomic mass is 9.96. The van der Waals surface area contributed by atoms with Crippen LogP contribution < -0.4 is 10.6 Å². The number of aromatic nitrogens is 3. The van der Waals surface area contributed by atoms with Crippen molar-refractivity contribution in [3.8, 4) is 34.4 Å². The number of anilines is 1. The molecule has 1 saturated heterocycles. The summed E-state index contributed by atoms with van der Waals surface area (Å²) in [6.07, 6.45) is 1.00. The van der Waals surface area contributed by atoms with Crippen molar-refractivity contribution in [2.24, 2.45) is 11.7 Å². The van der Waals surface area contributed by atoms with Crippen LogP contribution >= 0.6 is 0 Å². The van der Waals surface area contributed by atoms with Gasteiger partial charge in [-0.25, -0.2) is 9.37 Å². The van der Waals surface area contributed by atoms with Gasteiger partial charge in [0.1, 0.15) is 23.4 Å². The van der Waals surface area contributed by atoms with E-state index in [9.17, 15) is 14.8 Å². The van der Waals surface area contributed by atoms with Gasteiger partial charge in [0, 0.05) is 36.5 Å². The molecule has 1 aromatic carbocycles. The Morgan fingerprint density at radius 1 is 1.38 bits per heavy atom. The SMILES string of the molecule is Cc1[nH]nc2nc(-c3ccc(O)cc3F)c(C#N)c(-c3ccc(N4CCC(CN)C4)o3)c12. The van der Waals surface area contributed by atoms with Crippen LogP contribution in [-0.2, 0) is 0 Å². The second-order valence-corrected chi connectivity index (χ2v) is 8.01. The highest BCUT2D eigenvalue weighted by Gasteiger charge is 2.27. The van der Waals surface area contributed by atoms with Crippen LogP contribution in [0.25, 0.3) is 33.6 Å². The van der Waals surface area contributed by atoms with Crippen LogP contribution in [0.1, 0.15) is 17.7 Å². The molecule has 1 aliphatic heterocycles. The van der Waals surface area contributed by atoms with Crippen molar-refractivity contribution in [3.63, 3.8) is 0 Å². The third-order valence-electron chi connectivity index (χ3n) is 5.97. The smallest absolute Gasteiger partial charge is 0.196 e. The first-order valence-electron chi connectivity index (χ1n) is 10.3. The maximum Gasteiger partial charge on any atom is 0.196 e. The maximum atomic E-state index is 14.7. The fraction of sp³-hybridized carbons (Fsp3) is 0.261. The predicted octanol–water partition coefficient (Wildman–Crippen LogP) is 3.69. The van der Waals surface area contributed by atoms with Gasteiger partial charge in [0.25, 0.3) is 0 Å². The Balaban J connectivity index is 1.71. The number of nitrogens with one attached hydrogen (secondary N) is 1. The molecule has 162 valence electrons. The monoisotopic (exact) mass is 432 g/mol. The number of phenols is 1. The molecule has 4 N–H and O–H groups in total. The van der Waals surface area contributed by atoms with Crippen molar-refractivity contribution in [1.29, 1.82) is 5.26 Å². The topological polar surface area (TPSA) is 128 Å². The molecule has 0 radical (unpaired) electrons. The standard InChI is InChI=1S/C23H21FN6O2/c1-12-20-21(18-4-5-19(32-18)30-7-6-13(9-25)11-30)16(10-26)22(27-23(20)29-28-12)15-3-2-14(31)8-17(15)24/h2-5,8,13,31H,6-7,9,11,25H2,1H3,(H,27,28,29). The molecule has 0 spiro atoms. The molecule has 0 bridgehead atoms. The number of H-pyrrole nitrogens is 1. The molecule has 1 unspecified atom stereocenters. The zero-order valence-electron chi connectivity index (χ0n) is 17.4. The summed E-state index contributed by atoms with van der Waals surface area (Å²) in [6, 6.07) is 9.61. The van der Waals surface area contributed by atoms with Gasteiger partial charge >= 0.3 is 0 Å². The number of hydrogen-bond donors (Lipinski definition) is 3. The number of nitrogens with two attached hydrogens (primary N) is 1. The van der Waals surface area contributed by atoms with Gasteiger partial charge in [-0.2, -0.15) is 10.4 Å². The minimum atomic E-state index is -0.684. The third kappa shape index (κ3) is 3.16. The van der Waals surface area contributed by atoms with E-state index in [4.69, 9.17) is 10.2 Å². The molecule has 1 atom stereocenters. The fourth-order valence-electron chi connectivity index (χ4n) is 4.31. The van der Waals surface area contributed by atoms with Crippen LogP contribution in [0.3, 0.4) is 0 Å². The molecule has 4 aromatic rings. The first-order chi connectivity index (χ1) is 15.5. The molecule has 0 saturated carbocycles. The van der Waals surface area contributed by atoms with Crippen LogP contribution in [0.5, 0.6) is 5.75 Å². The molecular formula is C23H21FN6O2. The van der Waals surface area contributed by atoms with Crippen molar-refractivity contribution >= 4 is 16.9 Å². The number of furan rings is 1. The largest absolute Gasteiger partial charge is 0.508 e.